The van der Waals surface area contributed by atoms with E-state index in [9.17, 15) is 21.6 Å². The van der Waals surface area contributed by atoms with Gasteiger partial charge in [0.1, 0.15) is 29.9 Å². The molecule has 18 heteroatoms. The Kier molecular flexibility index (Phi) is 8.15. The van der Waals surface area contributed by atoms with Crippen molar-refractivity contribution in [3.63, 3.8) is 0 Å². The number of nitrogens with zero attached hydrogens (tertiary/aromatic N) is 7. The summed E-state index contributed by atoms with van der Waals surface area (Å²) in [6, 6.07) is 0. The third-order valence-corrected chi connectivity index (χ3v) is 6.64. The lowest BCUT2D eigenvalue weighted by atomic mass is 10.2. The number of nitrogens with one attached hydrogen (secondary N) is 1. The highest BCUT2D eigenvalue weighted by Crippen LogP contribution is 2.34. The van der Waals surface area contributed by atoms with Crippen molar-refractivity contribution in [3.8, 4) is 17.4 Å². The molecular formula is C18H20ClF3N8O5S. The van der Waals surface area contributed by atoms with Crippen LogP contribution in [0.25, 0.3) is 5.69 Å². The number of aromatic nitrogens is 7. The molecule has 2 atom stereocenters. The van der Waals surface area contributed by atoms with E-state index in [0.717, 1.165) is 10.9 Å². The predicted molar refractivity (Wildman–Crippen MR) is 119 cm³/mol. The Bertz CT molecular complexity index is 1280. The van der Waals surface area contributed by atoms with Gasteiger partial charge in [-0.3, -0.25) is 9.29 Å². The van der Waals surface area contributed by atoms with Gasteiger partial charge in [-0.2, -0.15) is 23.1 Å². The quantitative estimate of drug-likeness (QED) is 0.393. The summed E-state index contributed by atoms with van der Waals surface area (Å²) in [5.41, 5.74) is -0.249. The maximum atomic E-state index is 13.3. The van der Waals surface area contributed by atoms with E-state index >= 15 is 0 Å². The lowest BCUT2D eigenvalue weighted by Gasteiger charge is -2.22. The van der Waals surface area contributed by atoms with Gasteiger partial charge in [0.15, 0.2) is 11.5 Å². The smallest absolute Gasteiger partial charge is 0.396 e. The minimum Gasteiger partial charge on any atom is -0.479 e. The predicted octanol–water partition coefficient (Wildman–Crippen LogP) is 2.14. The molecular weight excluding hydrogens is 533 g/mol. The van der Waals surface area contributed by atoms with E-state index in [0.29, 0.717) is 0 Å². The number of methoxy groups -OCH3 is 3. The van der Waals surface area contributed by atoms with Crippen LogP contribution in [0.4, 0.5) is 19.1 Å². The molecule has 0 spiro atoms. The number of alkyl halides is 3. The van der Waals surface area contributed by atoms with E-state index < -0.39 is 45.7 Å². The highest BCUT2D eigenvalue weighted by Gasteiger charge is 2.37. The van der Waals surface area contributed by atoms with Crippen LogP contribution in [0.1, 0.15) is 24.7 Å². The van der Waals surface area contributed by atoms with Crippen LogP contribution < -0.4 is 14.2 Å². The van der Waals surface area contributed by atoms with Crippen molar-refractivity contribution in [3.05, 3.63) is 35.4 Å². The summed E-state index contributed by atoms with van der Waals surface area (Å²) in [7, 11) is -0.735. The first-order valence-corrected chi connectivity index (χ1v) is 11.8. The Morgan fingerprint density at radius 3 is 2.14 bits per heavy atom. The second-order valence-electron chi connectivity index (χ2n) is 7.08. The zero-order chi connectivity index (χ0) is 26.7. The fourth-order valence-electron chi connectivity index (χ4n) is 3.11. The average Bonchev–Trinajstić information content (AvgIpc) is 3.18. The zero-order valence-corrected chi connectivity index (χ0v) is 20.8. The van der Waals surface area contributed by atoms with E-state index in [-0.39, 0.29) is 28.3 Å². The summed E-state index contributed by atoms with van der Waals surface area (Å²) >= 11 is 5.78. The minimum absolute atomic E-state index is 0.0128. The molecule has 3 heterocycles. The maximum Gasteiger partial charge on any atom is 0.396 e. The fraction of sp³-hybridized carbons (Fsp3) is 0.444. The number of sulfonamides is 1. The second kappa shape index (κ2) is 10.8. The van der Waals surface area contributed by atoms with Gasteiger partial charge in [-0.15, -0.1) is 10.2 Å². The number of hydrogen-bond acceptors (Lipinski definition) is 11. The van der Waals surface area contributed by atoms with Crippen LogP contribution in [0.15, 0.2) is 18.7 Å². The van der Waals surface area contributed by atoms with Crippen LogP contribution in [0.2, 0.25) is 5.02 Å². The first-order chi connectivity index (χ1) is 16.9. The summed E-state index contributed by atoms with van der Waals surface area (Å²) in [5.74, 6) is -1.70. The molecule has 0 amide bonds. The molecule has 0 saturated carbocycles. The highest BCUT2D eigenvalue weighted by atomic mass is 35.5. The first kappa shape index (κ1) is 27.3. The fourth-order valence-corrected chi connectivity index (χ4v) is 4.34. The summed E-state index contributed by atoms with van der Waals surface area (Å²) < 4.78 is 84.9. The van der Waals surface area contributed by atoms with Crippen molar-refractivity contribution >= 4 is 27.6 Å². The van der Waals surface area contributed by atoms with Crippen LogP contribution in [-0.4, -0.2) is 75.9 Å². The largest absolute Gasteiger partial charge is 0.479 e. The molecule has 3 aromatic heterocycles. The lowest BCUT2D eigenvalue weighted by Crippen LogP contribution is -2.33. The molecule has 0 bridgehead atoms. The van der Waals surface area contributed by atoms with E-state index in [1.165, 1.54) is 40.6 Å². The van der Waals surface area contributed by atoms with Crippen LogP contribution in [-0.2, 0) is 21.2 Å². The van der Waals surface area contributed by atoms with Gasteiger partial charge in [0.2, 0.25) is 27.7 Å². The van der Waals surface area contributed by atoms with Gasteiger partial charge in [-0.05, 0) is 6.92 Å². The number of hydrogen-bond donors (Lipinski definition) is 1. The van der Waals surface area contributed by atoms with Crippen LogP contribution in [0.5, 0.6) is 11.8 Å². The SMILES string of the molecule is COc1ncnc(OC)c1-n1c(CC(F)(F)F)nnc1NS(=O)(=O)[C@@H](C)[C@H](OC)c1ncc(Cl)cn1. The molecule has 13 nitrogen and oxygen atoms in total. The molecule has 0 aromatic carbocycles. The summed E-state index contributed by atoms with van der Waals surface area (Å²) in [4.78, 5) is 15.7. The zero-order valence-electron chi connectivity index (χ0n) is 19.2. The molecule has 0 aliphatic carbocycles. The normalized spacial score (nSPS) is 13.8. The Hall–Kier alpha value is -3.31. The van der Waals surface area contributed by atoms with Gasteiger partial charge in [-0.1, -0.05) is 11.6 Å². The van der Waals surface area contributed by atoms with Crippen molar-refractivity contribution in [1.29, 1.82) is 0 Å². The van der Waals surface area contributed by atoms with Gasteiger partial charge < -0.3 is 14.2 Å². The Balaban J connectivity index is 2.10. The van der Waals surface area contributed by atoms with Crippen molar-refractivity contribution in [2.75, 3.05) is 26.1 Å². The molecule has 1 N–H and O–H groups in total. The van der Waals surface area contributed by atoms with Crippen LogP contribution in [0.3, 0.4) is 0 Å². The van der Waals surface area contributed by atoms with Crippen molar-refractivity contribution in [2.24, 2.45) is 0 Å². The van der Waals surface area contributed by atoms with Crippen LogP contribution >= 0.6 is 11.6 Å². The van der Waals surface area contributed by atoms with Crippen molar-refractivity contribution in [2.45, 2.75) is 30.9 Å². The van der Waals surface area contributed by atoms with E-state index in [1.807, 2.05) is 0 Å². The summed E-state index contributed by atoms with van der Waals surface area (Å²) in [5, 5.41) is 6.04. The molecule has 0 fully saturated rings. The molecule has 0 radical (unpaired) electrons. The molecule has 3 rings (SSSR count). The molecule has 36 heavy (non-hydrogen) atoms. The third kappa shape index (κ3) is 5.90. The van der Waals surface area contributed by atoms with Crippen LogP contribution in [0, 0.1) is 0 Å². The number of rotatable bonds is 10. The van der Waals surface area contributed by atoms with E-state index in [1.54, 1.807) is 0 Å². The molecule has 3 aromatic rings. The molecule has 0 saturated heterocycles. The van der Waals surface area contributed by atoms with Crippen molar-refractivity contribution < 1.29 is 35.8 Å². The van der Waals surface area contributed by atoms with E-state index in [2.05, 4.69) is 34.9 Å². The highest BCUT2D eigenvalue weighted by molar-refractivity contribution is 7.93. The standard InChI is InChI=1S/C18H20ClF3N8O5S/c1-9(13(33-2)14-23-6-10(19)7-24-14)36(31,32)29-17-28-27-11(5-18(20,21)22)30(17)12-15(34-3)25-8-26-16(12)35-4/h6-9,13H,5H2,1-4H3,(H,28,29)/t9-,13-/m0/s1. The molecule has 0 unspecified atom stereocenters. The monoisotopic (exact) mass is 552 g/mol. The number of anilines is 1. The minimum atomic E-state index is -4.71. The third-order valence-electron chi connectivity index (χ3n) is 4.75. The molecule has 0 aliphatic rings. The number of ether oxygens (including phenoxy) is 3. The van der Waals surface area contributed by atoms with Gasteiger partial charge in [0, 0.05) is 19.5 Å². The maximum absolute atomic E-state index is 13.3. The Morgan fingerprint density at radius 1 is 1.06 bits per heavy atom. The second-order valence-corrected chi connectivity index (χ2v) is 9.55. The van der Waals surface area contributed by atoms with Gasteiger partial charge in [-0.25, -0.2) is 18.4 Å². The summed E-state index contributed by atoms with van der Waals surface area (Å²) in [6.07, 6.45) is -3.87. The topological polar surface area (TPSA) is 156 Å². The number of halogens is 4. The first-order valence-electron chi connectivity index (χ1n) is 9.88. The summed E-state index contributed by atoms with van der Waals surface area (Å²) in [6.45, 7) is 1.29. The van der Waals surface area contributed by atoms with Gasteiger partial charge >= 0.3 is 6.18 Å². The van der Waals surface area contributed by atoms with E-state index in [4.69, 9.17) is 25.8 Å². The van der Waals surface area contributed by atoms with Gasteiger partial charge in [0.25, 0.3) is 0 Å². The molecule has 0 aliphatic heterocycles. The average molecular weight is 553 g/mol. The van der Waals surface area contributed by atoms with Gasteiger partial charge in [0.05, 0.1) is 19.2 Å². The Morgan fingerprint density at radius 2 is 1.64 bits per heavy atom. The van der Waals surface area contributed by atoms with Crippen molar-refractivity contribution in [1.82, 2.24) is 34.7 Å². The molecule has 196 valence electrons. The Labute approximate surface area is 208 Å². The lowest BCUT2D eigenvalue weighted by molar-refractivity contribution is -0.128.